The molecule has 0 unspecified atom stereocenters. The van der Waals surface area contributed by atoms with E-state index in [1.165, 1.54) is 0 Å². The van der Waals surface area contributed by atoms with Gasteiger partial charge in [-0.05, 0) is 26.0 Å². The zero-order chi connectivity index (χ0) is 13.0. The molecule has 17 heavy (non-hydrogen) atoms. The third-order valence-corrected chi connectivity index (χ3v) is 3.11. The van der Waals surface area contributed by atoms with E-state index in [1.54, 1.807) is 4.90 Å². The van der Waals surface area contributed by atoms with Gasteiger partial charge in [-0.15, -0.1) is 0 Å². The van der Waals surface area contributed by atoms with Crippen LogP contribution in [0.4, 0.5) is 5.69 Å². The van der Waals surface area contributed by atoms with Gasteiger partial charge in [0.05, 0.1) is 11.9 Å². The fourth-order valence-electron chi connectivity index (χ4n) is 1.68. The maximum absolute atomic E-state index is 11.7. The normalized spacial score (nSPS) is 10.4. The first-order valence-electron chi connectivity index (χ1n) is 5.35. The Bertz CT molecular complexity index is 400. The highest BCUT2D eigenvalue weighted by molar-refractivity contribution is 9.09. The summed E-state index contributed by atoms with van der Waals surface area (Å²) in [4.78, 5) is 13.3. The molecule has 0 aliphatic heterocycles. The smallest absolute Gasteiger partial charge is 0.237 e. The minimum Gasteiger partial charge on any atom is -0.395 e. The Kier molecular flexibility index (Phi) is 5.21. The van der Waals surface area contributed by atoms with E-state index in [4.69, 9.17) is 13.0 Å². The van der Waals surface area contributed by atoms with Crippen molar-refractivity contribution in [2.75, 3.05) is 23.4 Å². The van der Waals surface area contributed by atoms with Crippen LogP contribution in [0.2, 0.25) is 0 Å². The molecule has 0 aliphatic rings. The SMILES string of the molecule is [B]c1c(C)cc(N(CCO)C(=O)CBr)cc1C. The van der Waals surface area contributed by atoms with Gasteiger partial charge in [0.1, 0.15) is 7.85 Å². The fraction of sp³-hybridized carbons (Fsp3) is 0.417. The quantitative estimate of drug-likeness (QED) is 0.660. The van der Waals surface area contributed by atoms with Gasteiger partial charge >= 0.3 is 0 Å². The van der Waals surface area contributed by atoms with Crippen LogP contribution in [0.5, 0.6) is 0 Å². The minimum atomic E-state index is -0.0809. The number of aliphatic hydroxyl groups is 1. The molecule has 1 aromatic carbocycles. The number of hydrogen-bond donors (Lipinski definition) is 1. The maximum Gasteiger partial charge on any atom is 0.237 e. The molecule has 0 saturated heterocycles. The summed E-state index contributed by atoms with van der Waals surface area (Å²) in [5.74, 6) is -0.0809. The summed E-state index contributed by atoms with van der Waals surface area (Å²) in [5, 5.41) is 9.23. The number of carbonyl (C=O) groups excluding carboxylic acids is 1. The topological polar surface area (TPSA) is 40.5 Å². The molecule has 0 fully saturated rings. The van der Waals surface area contributed by atoms with Crippen LogP contribution in [-0.2, 0) is 4.79 Å². The second-order valence-corrected chi connectivity index (χ2v) is 4.46. The summed E-state index contributed by atoms with van der Waals surface area (Å²) in [6, 6.07) is 3.72. The van der Waals surface area contributed by atoms with Gasteiger partial charge in [0.25, 0.3) is 0 Å². The number of benzene rings is 1. The van der Waals surface area contributed by atoms with Crippen LogP contribution in [0.1, 0.15) is 11.1 Å². The van der Waals surface area contributed by atoms with E-state index in [2.05, 4.69) is 15.9 Å². The zero-order valence-electron chi connectivity index (χ0n) is 10.0. The van der Waals surface area contributed by atoms with Crippen molar-refractivity contribution in [3.05, 3.63) is 23.3 Å². The molecule has 1 rings (SSSR count). The summed E-state index contributed by atoms with van der Waals surface area (Å²) in [5.41, 5.74) is 3.38. The molecule has 0 bridgehead atoms. The van der Waals surface area contributed by atoms with E-state index in [0.717, 1.165) is 22.3 Å². The second kappa shape index (κ2) is 6.22. The van der Waals surface area contributed by atoms with Crippen LogP contribution in [0.15, 0.2) is 12.1 Å². The van der Waals surface area contributed by atoms with Crippen molar-refractivity contribution in [2.24, 2.45) is 0 Å². The molecule has 3 nitrogen and oxygen atoms in total. The number of alkyl halides is 1. The molecule has 1 amide bonds. The van der Waals surface area contributed by atoms with Crippen molar-refractivity contribution in [3.8, 4) is 0 Å². The van der Waals surface area contributed by atoms with Crippen LogP contribution >= 0.6 is 15.9 Å². The van der Waals surface area contributed by atoms with Crippen LogP contribution in [0.3, 0.4) is 0 Å². The average Bonchev–Trinajstić information content (AvgIpc) is 2.31. The molecular weight excluding hydrogens is 281 g/mol. The van der Waals surface area contributed by atoms with Crippen molar-refractivity contribution in [1.82, 2.24) is 0 Å². The first-order valence-corrected chi connectivity index (χ1v) is 6.47. The van der Waals surface area contributed by atoms with Gasteiger partial charge in [-0.1, -0.05) is 32.5 Å². The van der Waals surface area contributed by atoms with Crippen molar-refractivity contribution in [3.63, 3.8) is 0 Å². The van der Waals surface area contributed by atoms with E-state index >= 15 is 0 Å². The molecular formula is C12H15BBrNO2. The Morgan fingerprint density at radius 2 is 1.94 bits per heavy atom. The van der Waals surface area contributed by atoms with Crippen molar-refractivity contribution in [1.29, 1.82) is 0 Å². The highest BCUT2D eigenvalue weighted by Crippen LogP contribution is 2.17. The van der Waals surface area contributed by atoms with E-state index < -0.39 is 0 Å². The molecule has 0 spiro atoms. The highest BCUT2D eigenvalue weighted by atomic mass is 79.9. The molecule has 5 heteroatoms. The lowest BCUT2D eigenvalue weighted by molar-refractivity contribution is -0.116. The van der Waals surface area contributed by atoms with Gasteiger partial charge < -0.3 is 10.0 Å². The minimum absolute atomic E-state index is 0.0682. The van der Waals surface area contributed by atoms with E-state index in [-0.39, 0.29) is 24.4 Å². The number of halogens is 1. The first kappa shape index (κ1) is 14.3. The Hall–Kier alpha value is -0.805. The number of amides is 1. The number of nitrogens with zero attached hydrogens (tertiary/aromatic N) is 1. The third-order valence-electron chi connectivity index (χ3n) is 2.63. The number of hydrogen-bond acceptors (Lipinski definition) is 2. The lowest BCUT2D eigenvalue weighted by Crippen LogP contribution is -2.35. The molecule has 2 radical (unpaired) electrons. The molecule has 0 saturated carbocycles. The fourth-order valence-corrected chi connectivity index (χ4v) is 1.98. The van der Waals surface area contributed by atoms with Crippen molar-refractivity contribution >= 4 is 40.8 Å². The van der Waals surface area contributed by atoms with E-state index in [0.29, 0.717) is 0 Å². The van der Waals surface area contributed by atoms with Crippen molar-refractivity contribution < 1.29 is 9.90 Å². The Balaban J connectivity index is 3.14. The molecule has 0 aromatic heterocycles. The number of carbonyl (C=O) groups is 1. The summed E-state index contributed by atoms with van der Waals surface area (Å²) in [6.45, 7) is 4.03. The number of anilines is 1. The van der Waals surface area contributed by atoms with Gasteiger partial charge in [0.15, 0.2) is 0 Å². The van der Waals surface area contributed by atoms with E-state index in [1.807, 2.05) is 26.0 Å². The molecule has 1 N–H and O–H groups in total. The Morgan fingerprint density at radius 1 is 1.41 bits per heavy atom. The van der Waals surface area contributed by atoms with E-state index in [9.17, 15) is 4.79 Å². The summed E-state index contributed by atoms with van der Waals surface area (Å²) in [7, 11) is 5.87. The lowest BCUT2D eigenvalue weighted by Gasteiger charge is -2.23. The van der Waals surface area contributed by atoms with Gasteiger partial charge in [-0.25, -0.2) is 0 Å². The molecule has 1 aromatic rings. The summed E-state index contributed by atoms with van der Waals surface area (Å²) in [6.07, 6.45) is 0. The zero-order valence-corrected chi connectivity index (χ0v) is 11.6. The Labute approximate surface area is 111 Å². The maximum atomic E-state index is 11.7. The first-order chi connectivity index (χ1) is 8.01. The monoisotopic (exact) mass is 295 g/mol. The van der Waals surface area contributed by atoms with Gasteiger partial charge in [-0.3, -0.25) is 4.79 Å². The second-order valence-electron chi connectivity index (χ2n) is 3.90. The molecule has 90 valence electrons. The number of aryl methyl sites for hydroxylation is 2. The van der Waals surface area contributed by atoms with Gasteiger partial charge in [0.2, 0.25) is 5.91 Å². The average molecular weight is 296 g/mol. The molecule has 0 heterocycles. The molecule has 0 aliphatic carbocycles. The van der Waals surface area contributed by atoms with Gasteiger partial charge in [0, 0.05) is 12.2 Å². The Morgan fingerprint density at radius 3 is 2.35 bits per heavy atom. The van der Waals surface area contributed by atoms with Gasteiger partial charge in [-0.2, -0.15) is 0 Å². The van der Waals surface area contributed by atoms with Crippen LogP contribution < -0.4 is 10.4 Å². The standard InChI is InChI=1S/C12H15BBrNO2/c1-8-5-10(6-9(2)12(8)13)15(3-4-16)11(17)7-14/h5-6,16H,3-4,7H2,1-2H3. The number of rotatable bonds is 4. The van der Waals surface area contributed by atoms with Crippen LogP contribution in [-0.4, -0.2) is 37.3 Å². The predicted molar refractivity (Wildman–Crippen MR) is 74.5 cm³/mol. The third kappa shape index (κ3) is 3.33. The van der Waals surface area contributed by atoms with Crippen molar-refractivity contribution in [2.45, 2.75) is 13.8 Å². The highest BCUT2D eigenvalue weighted by Gasteiger charge is 2.15. The lowest BCUT2D eigenvalue weighted by atomic mass is 9.86. The summed E-state index contributed by atoms with van der Waals surface area (Å²) >= 11 is 3.14. The van der Waals surface area contributed by atoms with Crippen LogP contribution in [0.25, 0.3) is 0 Å². The largest absolute Gasteiger partial charge is 0.395 e. The predicted octanol–water partition coefficient (Wildman–Crippen LogP) is 0.817. The molecule has 0 atom stereocenters. The number of aliphatic hydroxyl groups excluding tert-OH is 1. The summed E-state index contributed by atoms with van der Waals surface area (Å²) < 4.78 is 0. The van der Waals surface area contributed by atoms with Crippen LogP contribution in [0, 0.1) is 13.8 Å².